The van der Waals surface area contributed by atoms with E-state index in [2.05, 4.69) is 0 Å². The molecule has 0 aromatic rings. The van der Waals surface area contributed by atoms with Gasteiger partial charge in [0.1, 0.15) is 0 Å². The van der Waals surface area contributed by atoms with E-state index >= 15 is 0 Å². The molecule has 0 aromatic carbocycles. The second kappa shape index (κ2) is 7.94. The van der Waals surface area contributed by atoms with Crippen LogP contribution in [0.2, 0.25) is 0 Å². The van der Waals surface area contributed by atoms with Crippen LogP contribution >= 0.6 is 0 Å². The van der Waals surface area contributed by atoms with E-state index in [0.29, 0.717) is 26.4 Å². The zero-order chi connectivity index (χ0) is 8.53. The van der Waals surface area contributed by atoms with Crippen molar-refractivity contribution in [3.05, 3.63) is 0 Å². The number of methoxy groups -OCH3 is 1. The number of nitrogens with two attached hydrogens (primary N) is 1. The van der Waals surface area contributed by atoms with Crippen molar-refractivity contribution >= 4 is 0 Å². The molecule has 0 rings (SSSR count). The zero-order valence-corrected chi connectivity index (χ0v) is 7.21. The summed E-state index contributed by atoms with van der Waals surface area (Å²) in [5.41, 5.74) is 5.35. The summed E-state index contributed by atoms with van der Waals surface area (Å²) in [5.74, 6) is 0. The molecule has 0 radical (unpaired) electrons. The molecular formula is C7H17NO3. The number of hydrogen-bond donors (Lipinski definition) is 1. The standard InChI is InChI=1S/C7H17NO3/c1-3-10-7(6-8)11-5-4-9-2/h7H,3-6,8H2,1-2H3. The van der Waals surface area contributed by atoms with Crippen LogP contribution in [0, 0.1) is 0 Å². The summed E-state index contributed by atoms with van der Waals surface area (Å²) in [5, 5.41) is 0. The van der Waals surface area contributed by atoms with Gasteiger partial charge in [0.05, 0.1) is 13.2 Å². The van der Waals surface area contributed by atoms with Crippen molar-refractivity contribution in [2.45, 2.75) is 13.2 Å². The van der Waals surface area contributed by atoms with E-state index in [1.54, 1.807) is 7.11 Å². The lowest BCUT2D eigenvalue weighted by molar-refractivity contribution is -0.139. The third kappa shape index (κ3) is 6.25. The van der Waals surface area contributed by atoms with Gasteiger partial charge in [0, 0.05) is 20.3 Å². The maximum Gasteiger partial charge on any atom is 0.169 e. The van der Waals surface area contributed by atoms with Crippen molar-refractivity contribution in [3.8, 4) is 0 Å². The van der Waals surface area contributed by atoms with Crippen LogP contribution in [0.3, 0.4) is 0 Å². The second-order valence-corrected chi connectivity index (χ2v) is 1.98. The van der Waals surface area contributed by atoms with Gasteiger partial charge in [-0.2, -0.15) is 0 Å². The van der Waals surface area contributed by atoms with Crippen molar-refractivity contribution in [2.75, 3.05) is 33.5 Å². The topological polar surface area (TPSA) is 53.7 Å². The van der Waals surface area contributed by atoms with Crippen LogP contribution in [-0.2, 0) is 14.2 Å². The Morgan fingerprint density at radius 1 is 1.27 bits per heavy atom. The van der Waals surface area contributed by atoms with E-state index in [1.807, 2.05) is 6.92 Å². The van der Waals surface area contributed by atoms with Crippen molar-refractivity contribution in [3.63, 3.8) is 0 Å². The molecule has 0 aliphatic carbocycles. The largest absolute Gasteiger partial charge is 0.382 e. The van der Waals surface area contributed by atoms with Gasteiger partial charge in [-0.3, -0.25) is 0 Å². The first kappa shape index (κ1) is 10.8. The van der Waals surface area contributed by atoms with Crippen LogP contribution in [-0.4, -0.2) is 39.8 Å². The highest BCUT2D eigenvalue weighted by molar-refractivity contribution is 4.42. The monoisotopic (exact) mass is 163 g/mol. The summed E-state index contributed by atoms with van der Waals surface area (Å²) in [7, 11) is 1.63. The molecule has 1 unspecified atom stereocenters. The van der Waals surface area contributed by atoms with Gasteiger partial charge in [-0.25, -0.2) is 0 Å². The fourth-order valence-corrected chi connectivity index (χ4v) is 0.633. The maximum atomic E-state index is 5.35. The first-order valence-corrected chi connectivity index (χ1v) is 3.77. The van der Waals surface area contributed by atoms with E-state index in [-0.39, 0.29) is 6.29 Å². The molecule has 0 amide bonds. The first-order chi connectivity index (χ1) is 5.35. The van der Waals surface area contributed by atoms with Crippen molar-refractivity contribution < 1.29 is 14.2 Å². The fourth-order valence-electron chi connectivity index (χ4n) is 0.633. The molecule has 0 saturated carbocycles. The number of ether oxygens (including phenoxy) is 3. The molecule has 0 saturated heterocycles. The van der Waals surface area contributed by atoms with Gasteiger partial charge >= 0.3 is 0 Å². The molecule has 0 fully saturated rings. The minimum atomic E-state index is -0.282. The lowest BCUT2D eigenvalue weighted by atomic mass is 10.6. The highest BCUT2D eigenvalue weighted by atomic mass is 16.7. The molecule has 0 aromatic heterocycles. The first-order valence-electron chi connectivity index (χ1n) is 3.77. The highest BCUT2D eigenvalue weighted by Gasteiger charge is 2.03. The minimum absolute atomic E-state index is 0.282. The molecule has 68 valence electrons. The van der Waals surface area contributed by atoms with Gasteiger partial charge in [0.25, 0.3) is 0 Å². The summed E-state index contributed by atoms with van der Waals surface area (Å²) in [6, 6.07) is 0. The van der Waals surface area contributed by atoms with Crippen LogP contribution in [0.4, 0.5) is 0 Å². The molecular weight excluding hydrogens is 146 g/mol. The Morgan fingerprint density at radius 2 is 2.00 bits per heavy atom. The molecule has 4 nitrogen and oxygen atoms in total. The average molecular weight is 163 g/mol. The third-order valence-corrected chi connectivity index (χ3v) is 1.14. The molecule has 0 aliphatic heterocycles. The number of hydrogen-bond acceptors (Lipinski definition) is 4. The molecule has 11 heavy (non-hydrogen) atoms. The van der Waals surface area contributed by atoms with E-state index in [9.17, 15) is 0 Å². The van der Waals surface area contributed by atoms with Crippen molar-refractivity contribution in [1.82, 2.24) is 0 Å². The molecule has 2 N–H and O–H groups in total. The maximum absolute atomic E-state index is 5.35. The quantitative estimate of drug-likeness (QED) is 0.423. The van der Waals surface area contributed by atoms with Gasteiger partial charge in [-0.15, -0.1) is 0 Å². The van der Waals surface area contributed by atoms with Crippen molar-refractivity contribution in [2.24, 2.45) is 5.73 Å². The SMILES string of the molecule is CCOC(CN)OCCOC. The Balaban J connectivity index is 3.20. The van der Waals surface area contributed by atoms with Gasteiger partial charge in [-0.05, 0) is 6.92 Å². The van der Waals surface area contributed by atoms with Crippen LogP contribution in [0.25, 0.3) is 0 Å². The minimum Gasteiger partial charge on any atom is -0.382 e. The van der Waals surface area contributed by atoms with E-state index in [0.717, 1.165) is 0 Å². The van der Waals surface area contributed by atoms with Gasteiger partial charge in [0.15, 0.2) is 6.29 Å². The summed E-state index contributed by atoms with van der Waals surface area (Å²) >= 11 is 0. The Morgan fingerprint density at radius 3 is 2.45 bits per heavy atom. The molecule has 4 heteroatoms. The Kier molecular flexibility index (Phi) is 7.83. The van der Waals surface area contributed by atoms with Crippen LogP contribution in [0.15, 0.2) is 0 Å². The van der Waals surface area contributed by atoms with E-state index in [1.165, 1.54) is 0 Å². The summed E-state index contributed by atoms with van der Waals surface area (Å²) in [6.45, 7) is 4.01. The predicted molar refractivity (Wildman–Crippen MR) is 42.3 cm³/mol. The smallest absolute Gasteiger partial charge is 0.169 e. The summed E-state index contributed by atoms with van der Waals surface area (Å²) in [4.78, 5) is 0. The van der Waals surface area contributed by atoms with Crippen molar-refractivity contribution in [1.29, 1.82) is 0 Å². The highest BCUT2D eigenvalue weighted by Crippen LogP contribution is 1.91. The molecule has 1 atom stereocenters. The fraction of sp³-hybridized carbons (Fsp3) is 1.00. The zero-order valence-electron chi connectivity index (χ0n) is 7.21. The molecule has 0 bridgehead atoms. The summed E-state index contributed by atoms with van der Waals surface area (Å²) in [6.07, 6.45) is -0.282. The lowest BCUT2D eigenvalue weighted by Gasteiger charge is -2.14. The van der Waals surface area contributed by atoms with Gasteiger partial charge in [-0.1, -0.05) is 0 Å². The average Bonchev–Trinajstić information content (AvgIpc) is 2.03. The van der Waals surface area contributed by atoms with E-state index < -0.39 is 0 Å². The van der Waals surface area contributed by atoms with Crippen LogP contribution < -0.4 is 5.73 Å². The molecule has 0 heterocycles. The molecule has 0 spiro atoms. The lowest BCUT2D eigenvalue weighted by Crippen LogP contribution is -2.28. The Hall–Kier alpha value is -0.160. The second-order valence-electron chi connectivity index (χ2n) is 1.98. The Labute approximate surface area is 67.6 Å². The van der Waals surface area contributed by atoms with E-state index in [4.69, 9.17) is 19.9 Å². The third-order valence-electron chi connectivity index (χ3n) is 1.14. The van der Waals surface area contributed by atoms with Gasteiger partial charge in [0.2, 0.25) is 0 Å². The normalized spacial score (nSPS) is 13.4. The predicted octanol–water partition coefficient (Wildman–Crippen LogP) is -0.0293. The van der Waals surface area contributed by atoms with Crippen LogP contribution in [0.1, 0.15) is 6.92 Å². The number of rotatable bonds is 7. The summed E-state index contributed by atoms with van der Waals surface area (Å²) < 4.78 is 15.1. The molecule has 0 aliphatic rings. The van der Waals surface area contributed by atoms with Crippen LogP contribution in [0.5, 0.6) is 0 Å². The Bertz CT molecular complexity index is 80.1. The van der Waals surface area contributed by atoms with Gasteiger partial charge < -0.3 is 19.9 Å².